The van der Waals surface area contributed by atoms with Crippen molar-refractivity contribution in [3.05, 3.63) is 57.5 Å². The molecule has 1 heterocycles. The lowest BCUT2D eigenvalue weighted by molar-refractivity contribution is 0.838. The average Bonchev–Trinajstić information content (AvgIpc) is 2.71. The number of halogens is 2. The third kappa shape index (κ3) is 2.33. The SMILES string of the molecule is Nc1nc2c(Cl)cccc2n1Cc1ccc(Br)cc1. The van der Waals surface area contributed by atoms with Gasteiger partial charge in [0.25, 0.3) is 0 Å². The van der Waals surface area contributed by atoms with Crippen molar-refractivity contribution in [2.45, 2.75) is 6.54 Å². The number of nitrogens with two attached hydrogens (primary N) is 1. The van der Waals surface area contributed by atoms with Crippen molar-refractivity contribution >= 4 is 44.5 Å². The molecule has 3 rings (SSSR count). The van der Waals surface area contributed by atoms with Gasteiger partial charge in [-0.2, -0.15) is 0 Å². The molecule has 19 heavy (non-hydrogen) atoms. The summed E-state index contributed by atoms with van der Waals surface area (Å²) in [6, 6.07) is 13.8. The third-order valence-corrected chi connectivity index (χ3v) is 3.85. The molecular weight excluding hydrogens is 326 g/mol. The van der Waals surface area contributed by atoms with Gasteiger partial charge in [-0.25, -0.2) is 4.98 Å². The van der Waals surface area contributed by atoms with Gasteiger partial charge in [0.05, 0.1) is 17.1 Å². The van der Waals surface area contributed by atoms with Gasteiger partial charge in [-0.05, 0) is 29.8 Å². The van der Waals surface area contributed by atoms with E-state index in [1.54, 1.807) is 0 Å². The standard InChI is InChI=1S/C14H11BrClN3/c15-10-6-4-9(5-7-10)8-19-12-3-1-2-11(16)13(12)18-14(19)17/h1-7H,8H2,(H2,17,18). The molecule has 0 saturated carbocycles. The number of hydrogen-bond acceptors (Lipinski definition) is 2. The Balaban J connectivity index is 2.07. The second-order valence-corrected chi connectivity index (χ2v) is 5.61. The van der Waals surface area contributed by atoms with Gasteiger partial charge in [-0.3, -0.25) is 0 Å². The van der Waals surface area contributed by atoms with Crippen LogP contribution in [0.2, 0.25) is 5.02 Å². The maximum absolute atomic E-state index is 6.13. The first-order valence-electron chi connectivity index (χ1n) is 5.80. The number of nitrogen functional groups attached to an aromatic ring is 1. The molecule has 96 valence electrons. The molecule has 0 radical (unpaired) electrons. The van der Waals surface area contributed by atoms with Crippen LogP contribution in [0.15, 0.2) is 46.9 Å². The van der Waals surface area contributed by atoms with Gasteiger partial charge in [-0.1, -0.05) is 45.7 Å². The summed E-state index contributed by atoms with van der Waals surface area (Å²) in [5, 5.41) is 0.624. The lowest BCUT2D eigenvalue weighted by Crippen LogP contribution is -2.04. The van der Waals surface area contributed by atoms with Gasteiger partial charge in [-0.15, -0.1) is 0 Å². The summed E-state index contributed by atoms with van der Waals surface area (Å²) >= 11 is 9.55. The number of benzene rings is 2. The highest BCUT2D eigenvalue weighted by molar-refractivity contribution is 9.10. The molecule has 0 unspecified atom stereocenters. The van der Waals surface area contributed by atoms with E-state index in [0.29, 0.717) is 17.5 Å². The summed E-state index contributed by atoms with van der Waals surface area (Å²) in [7, 11) is 0. The Morgan fingerprint density at radius 1 is 1.16 bits per heavy atom. The van der Waals surface area contributed by atoms with Gasteiger partial charge >= 0.3 is 0 Å². The van der Waals surface area contributed by atoms with Crippen LogP contribution in [0.4, 0.5) is 5.95 Å². The Labute approximate surface area is 124 Å². The molecule has 0 atom stereocenters. The van der Waals surface area contributed by atoms with Crippen molar-refractivity contribution in [3.8, 4) is 0 Å². The zero-order chi connectivity index (χ0) is 13.4. The van der Waals surface area contributed by atoms with Crippen LogP contribution in [0.5, 0.6) is 0 Å². The summed E-state index contributed by atoms with van der Waals surface area (Å²) < 4.78 is 3.02. The number of rotatable bonds is 2. The van der Waals surface area contributed by atoms with E-state index >= 15 is 0 Å². The van der Waals surface area contributed by atoms with Crippen LogP contribution in [0, 0.1) is 0 Å². The molecule has 2 N–H and O–H groups in total. The number of fused-ring (bicyclic) bond motifs is 1. The molecule has 0 aliphatic carbocycles. The van der Waals surface area contributed by atoms with Crippen LogP contribution >= 0.6 is 27.5 Å². The number of hydrogen-bond donors (Lipinski definition) is 1. The summed E-state index contributed by atoms with van der Waals surface area (Å²) in [4.78, 5) is 4.33. The van der Waals surface area contributed by atoms with E-state index in [4.69, 9.17) is 17.3 Å². The lowest BCUT2D eigenvalue weighted by atomic mass is 10.2. The van der Waals surface area contributed by atoms with E-state index in [0.717, 1.165) is 21.1 Å². The minimum absolute atomic E-state index is 0.478. The first-order valence-corrected chi connectivity index (χ1v) is 6.97. The highest BCUT2D eigenvalue weighted by Gasteiger charge is 2.10. The smallest absolute Gasteiger partial charge is 0.201 e. The van der Waals surface area contributed by atoms with Crippen molar-refractivity contribution in [1.29, 1.82) is 0 Å². The van der Waals surface area contributed by atoms with Gasteiger partial charge in [0.2, 0.25) is 5.95 Å². The predicted molar refractivity (Wildman–Crippen MR) is 82.4 cm³/mol. The van der Waals surface area contributed by atoms with E-state index in [9.17, 15) is 0 Å². The molecule has 0 spiro atoms. The monoisotopic (exact) mass is 335 g/mol. The van der Waals surface area contributed by atoms with Crippen LogP contribution in [0.1, 0.15) is 5.56 Å². The lowest BCUT2D eigenvalue weighted by Gasteiger charge is -2.06. The first kappa shape index (κ1) is 12.5. The number of imidazole rings is 1. The molecule has 0 aliphatic rings. The summed E-state index contributed by atoms with van der Waals surface area (Å²) in [6.07, 6.45) is 0. The molecule has 0 bridgehead atoms. The molecule has 2 aromatic carbocycles. The predicted octanol–water partition coefficient (Wildman–Crippen LogP) is 4.08. The first-order chi connectivity index (χ1) is 9.15. The zero-order valence-corrected chi connectivity index (χ0v) is 12.3. The normalized spacial score (nSPS) is 11.1. The van der Waals surface area contributed by atoms with Gasteiger partial charge in [0, 0.05) is 4.47 Å². The number of anilines is 1. The van der Waals surface area contributed by atoms with Gasteiger partial charge < -0.3 is 10.3 Å². The molecule has 5 heteroatoms. The quantitative estimate of drug-likeness (QED) is 0.766. The molecule has 0 amide bonds. The van der Waals surface area contributed by atoms with Crippen LogP contribution in [-0.4, -0.2) is 9.55 Å². The Morgan fingerprint density at radius 2 is 1.89 bits per heavy atom. The van der Waals surface area contributed by atoms with E-state index in [2.05, 4.69) is 33.0 Å². The van der Waals surface area contributed by atoms with Gasteiger partial charge in [0.1, 0.15) is 5.52 Å². The molecule has 0 saturated heterocycles. The maximum Gasteiger partial charge on any atom is 0.201 e. The van der Waals surface area contributed by atoms with Crippen molar-refractivity contribution in [2.24, 2.45) is 0 Å². The third-order valence-electron chi connectivity index (χ3n) is 3.01. The molecule has 0 fully saturated rings. The highest BCUT2D eigenvalue weighted by atomic mass is 79.9. The van der Waals surface area contributed by atoms with Crippen LogP contribution in [0.3, 0.4) is 0 Å². The minimum atomic E-state index is 0.478. The second kappa shape index (κ2) is 4.87. The topological polar surface area (TPSA) is 43.8 Å². The fraction of sp³-hybridized carbons (Fsp3) is 0.0714. The Hall–Kier alpha value is -1.52. The van der Waals surface area contributed by atoms with E-state index in [1.165, 1.54) is 0 Å². The number of nitrogens with zero attached hydrogens (tertiary/aromatic N) is 2. The summed E-state index contributed by atoms with van der Waals surface area (Å²) in [6.45, 7) is 0.677. The minimum Gasteiger partial charge on any atom is -0.369 e. The zero-order valence-electron chi connectivity index (χ0n) is 9.98. The van der Waals surface area contributed by atoms with Crippen LogP contribution in [-0.2, 0) is 6.54 Å². The van der Waals surface area contributed by atoms with Crippen molar-refractivity contribution in [3.63, 3.8) is 0 Å². The van der Waals surface area contributed by atoms with Crippen LogP contribution in [0.25, 0.3) is 11.0 Å². The van der Waals surface area contributed by atoms with E-state index in [-0.39, 0.29) is 0 Å². The Bertz CT molecular complexity index is 734. The Morgan fingerprint density at radius 3 is 2.63 bits per heavy atom. The number of aromatic nitrogens is 2. The maximum atomic E-state index is 6.13. The summed E-state index contributed by atoms with van der Waals surface area (Å²) in [5.41, 5.74) is 8.85. The molecule has 3 aromatic rings. The van der Waals surface area contributed by atoms with Crippen molar-refractivity contribution in [1.82, 2.24) is 9.55 Å². The molecule has 3 nitrogen and oxygen atoms in total. The fourth-order valence-electron chi connectivity index (χ4n) is 2.07. The molecule has 0 aliphatic heterocycles. The summed E-state index contributed by atoms with van der Waals surface area (Å²) in [5.74, 6) is 0.478. The van der Waals surface area contributed by atoms with Crippen LogP contribution < -0.4 is 5.73 Å². The van der Waals surface area contributed by atoms with E-state index < -0.39 is 0 Å². The molecular formula is C14H11BrClN3. The highest BCUT2D eigenvalue weighted by Crippen LogP contribution is 2.25. The Kier molecular flexibility index (Phi) is 3.21. The fourth-order valence-corrected chi connectivity index (χ4v) is 2.55. The number of para-hydroxylation sites is 1. The second-order valence-electron chi connectivity index (χ2n) is 4.29. The van der Waals surface area contributed by atoms with Crippen molar-refractivity contribution < 1.29 is 0 Å². The van der Waals surface area contributed by atoms with E-state index in [1.807, 2.05) is 34.9 Å². The average molecular weight is 337 g/mol. The molecule has 1 aromatic heterocycles. The van der Waals surface area contributed by atoms with Crippen molar-refractivity contribution in [2.75, 3.05) is 5.73 Å². The van der Waals surface area contributed by atoms with Gasteiger partial charge in [0.15, 0.2) is 0 Å². The largest absolute Gasteiger partial charge is 0.369 e.